The van der Waals surface area contributed by atoms with Crippen LogP contribution in [0.4, 0.5) is 5.69 Å². The fourth-order valence-electron chi connectivity index (χ4n) is 2.69. The third-order valence-electron chi connectivity index (χ3n) is 4.26. The van der Waals surface area contributed by atoms with Crippen LogP contribution in [0.15, 0.2) is 53.4 Å². The number of nitrogens with one attached hydrogen (secondary N) is 2. The van der Waals surface area contributed by atoms with Crippen LogP contribution in [-0.4, -0.2) is 39.7 Å². The van der Waals surface area contributed by atoms with Crippen molar-refractivity contribution in [1.29, 1.82) is 0 Å². The summed E-state index contributed by atoms with van der Waals surface area (Å²) >= 11 is 0. The van der Waals surface area contributed by atoms with Gasteiger partial charge in [0.15, 0.2) is 18.1 Å². The van der Waals surface area contributed by atoms with E-state index in [1.807, 2.05) is 0 Å². The topological polar surface area (TPSA) is 120 Å². The van der Waals surface area contributed by atoms with Crippen molar-refractivity contribution >= 4 is 27.6 Å². The minimum atomic E-state index is -3.92. The summed E-state index contributed by atoms with van der Waals surface area (Å²) in [5, 5.41) is 2.58. The normalized spacial score (nSPS) is 13.7. The zero-order valence-electron chi connectivity index (χ0n) is 16.5. The third kappa shape index (κ3) is 5.28. The minimum Gasteiger partial charge on any atom is -0.454 e. The lowest BCUT2D eigenvalue weighted by Crippen LogP contribution is -2.45. The molecular weight excluding hydrogens is 412 g/mol. The van der Waals surface area contributed by atoms with Crippen LogP contribution in [0, 0.1) is 5.92 Å². The maximum absolute atomic E-state index is 12.5. The Hall–Kier alpha value is -3.11. The fraction of sp³-hybridized carbons (Fsp3) is 0.300. The number of esters is 1. The number of ether oxygens (including phenoxy) is 3. The van der Waals surface area contributed by atoms with Crippen LogP contribution in [0.2, 0.25) is 0 Å². The number of carbonyl (C=O) groups excluding carboxylic acids is 2. The summed E-state index contributed by atoms with van der Waals surface area (Å²) in [5.41, 5.74) is 0.450. The molecule has 0 spiro atoms. The molecule has 160 valence electrons. The summed E-state index contributed by atoms with van der Waals surface area (Å²) in [6.07, 6.45) is 0. The number of hydrogen-bond donors (Lipinski definition) is 2. The summed E-state index contributed by atoms with van der Waals surface area (Å²) in [7, 11) is -3.92. The Morgan fingerprint density at radius 2 is 1.77 bits per heavy atom. The molecule has 0 bridgehead atoms. The van der Waals surface area contributed by atoms with Gasteiger partial charge in [-0.1, -0.05) is 32.0 Å². The van der Waals surface area contributed by atoms with Gasteiger partial charge in [-0.3, -0.25) is 9.59 Å². The molecule has 0 unspecified atom stereocenters. The lowest BCUT2D eigenvalue weighted by atomic mass is 10.1. The molecule has 2 aromatic rings. The maximum Gasteiger partial charge on any atom is 0.324 e. The van der Waals surface area contributed by atoms with Crippen LogP contribution in [0.3, 0.4) is 0 Å². The molecule has 0 radical (unpaired) electrons. The van der Waals surface area contributed by atoms with E-state index >= 15 is 0 Å². The highest BCUT2D eigenvalue weighted by Crippen LogP contribution is 2.34. The molecule has 0 saturated heterocycles. The van der Waals surface area contributed by atoms with Gasteiger partial charge in [-0.2, -0.15) is 4.72 Å². The van der Waals surface area contributed by atoms with E-state index in [4.69, 9.17) is 14.2 Å². The quantitative estimate of drug-likeness (QED) is 0.609. The number of sulfonamides is 1. The Bertz CT molecular complexity index is 1020. The van der Waals surface area contributed by atoms with E-state index < -0.39 is 40.5 Å². The van der Waals surface area contributed by atoms with Gasteiger partial charge in [0, 0.05) is 11.8 Å². The molecule has 1 aliphatic rings. The summed E-state index contributed by atoms with van der Waals surface area (Å²) in [6.45, 7) is 2.89. The van der Waals surface area contributed by atoms with Crippen LogP contribution in [0.25, 0.3) is 0 Å². The first kappa shape index (κ1) is 21.6. The van der Waals surface area contributed by atoms with Crippen molar-refractivity contribution in [2.45, 2.75) is 24.8 Å². The van der Waals surface area contributed by atoms with Gasteiger partial charge in [-0.05, 0) is 30.2 Å². The van der Waals surface area contributed by atoms with Crippen LogP contribution < -0.4 is 19.5 Å². The second-order valence-corrected chi connectivity index (χ2v) is 8.59. The van der Waals surface area contributed by atoms with Gasteiger partial charge >= 0.3 is 5.97 Å². The lowest BCUT2D eigenvalue weighted by molar-refractivity contribution is -0.150. The largest absolute Gasteiger partial charge is 0.454 e. The first-order valence-electron chi connectivity index (χ1n) is 9.20. The van der Waals surface area contributed by atoms with Crippen molar-refractivity contribution in [3.05, 3.63) is 48.5 Å². The van der Waals surface area contributed by atoms with E-state index in [1.54, 1.807) is 50.2 Å². The van der Waals surface area contributed by atoms with Crippen molar-refractivity contribution in [1.82, 2.24) is 4.72 Å². The molecule has 0 saturated carbocycles. The van der Waals surface area contributed by atoms with Gasteiger partial charge in [-0.15, -0.1) is 0 Å². The zero-order chi connectivity index (χ0) is 21.7. The molecule has 9 nitrogen and oxygen atoms in total. The standard InChI is InChI=1S/C20H22N2O7S/c1-13(2)19(22-30(25,26)15-6-4-3-5-7-15)20(24)27-11-18(23)21-14-8-9-16-17(10-14)29-12-28-16/h3-10,13,19,22H,11-12H2,1-2H3,(H,21,23)/t19-/m0/s1. The molecule has 30 heavy (non-hydrogen) atoms. The van der Waals surface area contributed by atoms with Crippen LogP contribution in [0.1, 0.15) is 13.8 Å². The van der Waals surface area contributed by atoms with E-state index in [2.05, 4.69) is 10.0 Å². The van der Waals surface area contributed by atoms with E-state index in [0.29, 0.717) is 17.2 Å². The second-order valence-electron chi connectivity index (χ2n) is 6.88. The Balaban J connectivity index is 1.58. The van der Waals surface area contributed by atoms with Crippen molar-refractivity contribution in [3.8, 4) is 11.5 Å². The van der Waals surface area contributed by atoms with Gasteiger partial charge < -0.3 is 19.5 Å². The molecule has 1 atom stereocenters. The maximum atomic E-state index is 12.5. The Morgan fingerprint density at radius 1 is 1.07 bits per heavy atom. The molecule has 2 N–H and O–H groups in total. The highest BCUT2D eigenvalue weighted by Gasteiger charge is 2.30. The number of fused-ring (bicyclic) bond motifs is 1. The molecule has 0 fully saturated rings. The van der Waals surface area contributed by atoms with Crippen molar-refractivity contribution in [2.75, 3.05) is 18.7 Å². The van der Waals surface area contributed by atoms with Crippen LogP contribution >= 0.6 is 0 Å². The Kier molecular flexibility index (Phi) is 6.58. The van der Waals surface area contributed by atoms with Crippen molar-refractivity contribution in [3.63, 3.8) is 0 Å². The number of amides is 1. The summed E-state index contributed by atoms with van der Waals surface area (Å²) in [5.74, 6) is -0.737. The van der Waals surface area contributed by atoms with Crippen LogP contribution in [0.5, 0.6) is 11.5 Å². The fourth-order valence-corrected chi connectivity index (χ4v) is 4.04. The van der Waals surface area contributed by atoms with Gasteiger partial charge in [0.1, 0.15) is 6.04 Å². The number of rotatable bonds is 8. The molecule has 1 heterocycles. The number of benzene rings is 2. The molecule has 10 heteroatoms. The average Bonchev–Trinajstić information content (AvgIpc) is 3.18. The SMILES string of the molecule is CC(C)[C@H](NS(=O)(=O)c1ccccc1)C(=O)OCC(=O)Nc1ccc2c(c1)OCO2. The predicted molar refractivity (Wildman–Crippen MR) is 108 cm³/mol. The van der Waals surface area contributed by atoms with Crippen molar-refractivity contribution in [2.24, 2.45) is 5.92 Å². The van der Waals surface area contributed by atoms with E-state index in [-0.39, 0.29) is 11.7 Å². The predicted octanol–water partition coefficient (Wildman–Crippen LogP) is 1.90. The van der Waals surface area contributed by atoms with Gasteiger partial charge in [0.05, 0.1) is 4.90 Å². The Morgan fingerprint density at radius 3 is 2.47 bits per heavy atom. The minimum absolute atomic E-state index is 0.0315. The van der Waals surface area contributed by atoms with Gasteiger partial charge in [0.25, 0.3) is 5.91 Å². The highest BCUT2D eigenvalue weighted by atomic mass is 32.2. The third-order valence-corrected chi connectivity index (χ3v) is 5.72. The second kappa shape index (κ2) is 9.14. The molecule has 1 aliphatic heterocycles. The lowest BCUT2D eigenvalue weighted by Gasteiger charge is -2.20. The molecule has 0 aliphatic carbocycles. The number of hydrogen-bond acceptors (Lipinski definition) is 7. The summed E-state index contributed by atoms with van der Waals surface area (Å²) in [6, 6.07) is 11.4. The molecular formula is C20H22N2O7S. The molecule has 1 amide bonds. The number of carbonyl (C=O) groups is 2. The van der Waals surface area contributed by atoms with E-state index in [1.165, 1.54) is 12.1 Å². The Labute approximate surface area is 174 Å². The number of anilines is 1. The van der Waals surface area contributed by atoms with E-state index in [9.17, 15) is 18.0 Å². The van der Waals surface area contributed by atoms with Gasteiger partial charge in [-0.25, -0.2) is 8.42 Å². The molecule has 2 aromatic carbocycles. The highest BCUT2D eigenvalue weighted by molar-refractivity contribution is 7.89. The smallest absolute Gasteiger partial charge is 0.324 e. The van der Waals surface area contributed by atoms with Crippen LogP contribution in [-0.2, 0) is 24.3 Å². The van der Waals surface area contributed by atoms with Crippen molar-refractivity contribution < 1.29 is 32.2 Å². The molecule has 3 rings (SSSR count). The van der Waals surface area contributed by atoms with Gasteiger partial charge in [0.2, 0.25) is 16.8 Å². The summed E-state index contributed by atoms with van der Waals surface area (Å²) < 4.78 is 42.8. The monoisotopic (exact) mass is 434 g/mol. The average molecular weight is 434 g/mol. The zero-order valence-corrected chi connectivity index (χ0v) is 17.3. The first-order valence-corrected chi connectivity index (χ1v) is 10.7. The summed E-state index contributed by atoms with van der Waals surface area (Å²) in [4.78, 5) is 24.6. The van der Waals surface area contributed by atoms with E-state index in [0.717, 1.165) is 0 Å². The first-order chi connectivity index (χ1) is 14.3. The molecule has 0 aromatic heterocycles.